The molecule has 21 heavy (non-hydrogen) atoms. The minimum atomic E-state index is -0.976. The molecule has 0 atom stereocenters. The Morgan fingerprint density at radius 3 is 2.52 bits per heavy atom. The molecule has 0 fully saturated rings. The fraction of sp³-hybridized carbons (Fsp3) is 0.214. The number of nitrogen functional groups attached to an aromatic ring is 1. The van der Waals surface area contributed by atoms with E-state index in [4.69, 9.17) is 15.6 Å². The molecule has 0 aliphatic rings. The topological polar surface area (TPSA) is 110 Å². The van der Waals surface area contributed by atoms with Crippen molar-refractivity contribution < 1.29 is 14.6 Å². The van der Waals surface area contributed by atoms with E-state index in [0.29, 0.717) is 23.1 Å². The van der Waals surface area contributed by atoms with E-state index in [1.165, 1.54) is 18.5 Å². The van der Waals surface area contributed by atoms with Gasteiger partial charge in [0.05, 0.1) is 11.7 Å². The molecule has 1 heterocycles. The van der Waals surface area contributed by atoms with Gasteiger partial charge in [-0.25, -0.2) is 9.78 Å². The van der Waals surface area contributed by atoms with Crippen LogP contribution in [-0.4, -0.2) is 27.1 Å². The highest BCUT2D eigenvalue weighted by atomic mass is 16.5. The van der Waals surface area contributed by atoms with Crippen molar-refractivity contribution in [3.8, 4) is 5.88 Å². The maximum Gasteiger partial charge on any atom is 0.335 e. The Morgan fingerprint density at radius 2 is 1.95 bits per heavy atom. The van der Waals surface area contributed by atoms with Gasteiger partial charge < -0.3 is 20.9 Å². The van der Waals surface area contributed by atoms with Gasteiger partial charge in [-0.15, -0.1) is 0 Å². The van der Waals surface area contributed by atoms with Gasteiger partial charge in [0.15, 0.2) is 5.82 Å². The molecule has 4 N–H and O–H groups in total. The predicted molar refractivity (Wildman–Crippen MR) is 78.9 cm³/mol. The van der Waals surface area contributed by atoms with Gasteiger partial charge in [0, 0.05) is 5.69 Å². The quantitative estimate of drug-likeness (QED) is 0.774. The maximum absolute atomic E-state index is 10.8. The molecule has 0 aliphatic carbocycles. The van der Waals surface area contributed by atoms with Gasteiger partial charge in [0.25, 0.3) is 0 Å². The minimum Gasteiger partial charge on any atom is -0.478 e. The molecule has 7 nitrogen and oxygen atoms in total. The number of aromatic carboxylic acids is 1. The van der Waals surface area contributed by atoms with E-state index in [2.05, 4.69) is 15.3 Å². The van der Waals surface area contributed by atoms with Gasteiger partial charge in [0.1, 0.15) is 12.0 Å². The first-order valence-electron chi connectivity index (χ1n) is 6.35. The Hall–Kier alpha value is -2.83. The van der Waals surface area contributed by atoms with Crippen molar-refractivity contribution in [2.75, 3.05) is 11.1 Å². The number of aromatic nitrogens is 2. The first-order chi connectivity index (χ1) is 9.97. The van der Waals surface area contributed by atoms with Gasteiger partial charge in [-0.3, -0.25) is 0 Å². The Morgan fingerprint density at radius 1 is 1.29 bits per heavy atom. The average Bonchev–Trinajstić information content (AvgIpc) is 2.43. The largest absolute Gasteiger partial charge is 0.478 e. The molecule has 110 valence electrons. The average molecular weight is 288 g/mol. The number of benzene rings is 1. The van der Waals surface area contributed by atoms with Crippen molar-refractivity contribution in [1.29, 1.82) is 0 Å². The highest BCUT2D eigenvalue weighted by Gasteiger charge is 2.11. The molecule has 0 bridgehead atoms. The van der Waals surface area contributed by atoms with Crippen LogP contribution in [0.2, 0.25) is 0 Å². The smallest absolute Gasteiger partial charge is 0.335 e. The summed E-state index contributed by atoms with van der Waals surface area (Å²) >= 11 is 0. The number of carboxylic acids is 1. The Labute approximate surface area is 121 Å². The second-order valence-corrected chi connectivity index (χ2v) is 4.62. The van der Waals surface area contributed by atoms with Crippen molar-refractivity contribution >= 4 is 23.2 Å². The van der Waals surface area contributed by atoms with Crippen LogP contribution < -0.4 is 15.8 Å². The highest BCUT2D eigenvalue weighted by Crippen LogP contribution is 2.28. The van der Waals surface area contributed by atoms with E-state index in [0.717, 1.165) is 0 Å². The van der Waals surface area contributed by atoms with Gasteiger partial charge in [0.2, 0.25) is 5.88 Å². The molecule has 0 radical (unpaired) electrons. The third-order valence-electron chi connectivity index (χ3n) is 2.59. The molecule has 0 saturated heterocycles. The molecular weight excluding hydrogens is 272 g/mol. The van der Waals surface area contributed by atoms with Crippen LogP contribution in [0.4, 0.5) is 17.2 Å². The highest BCUT2D eigenvalue weighted by molar-refractivity contribution is 5.88. The van der Waals surface area contributed by atoms with E-state index in [9.17, 15) is 4.79 Å². The molecule has 0 saturated carbocycles. The molecule has 7 heteroatoms. The van der Waals surface area contributed by atoms with Crippen LogP contribution in [0.25, 0.3) is 0 Å². The van der Waals surface area contributed by atoms with Crippen LogP contribution >= 0.6 is 0 Å². The second-order valence-electron chi connectivity index (χ2n) is 4.62. The van der Waals surface area contributed by atoms with Crippen LogP contribution in [-0.2, 0) is 0 Å². The van der Waals surface area contributed by atoms with E-state index in [1.54, 1.807) is 12.1 Å². The lowest BCUT2D eigenvalue weighted by molar-refractivity contribution is 0.0697. The van der Waals surface area contributed by atoms with E-state index >= 15 is 0 Å². The summed E-state index contributed by atoms with van der Waals surface area (Å²) in [6.45, 7) is 3.75. The van der Waals surface area contributed by atoms with Crippen molar-refractivity contribution in [3.05, 3.63) is 36.2 Å². The van der Waals surface area contributed by atoms with Crippen molar-refractivity contribution in [3.63, 3.8) is 0 Å². The number of ether oxygens (including phenoxy) is 1. The van der Waals surface area contributed by atoms with E-state index < -0.39 is 5.97 Å². The summed E-state index contributed by atoms with van der Waals surface area (Å²) < 4.78 is 5.48. The zero-order valence-corrected chi connectivity index (χ0v) is 11.7. The molecule has 2 rings (SSSR count). The van der Waals surface area contributed by atoms with Crippen LogP contribution in [0.3, 0.4) is 0 Å². The summed E-state index contributed by atoms with van der Waals surface area (Å²) in [5, 5.41) is 11.9. The molecule has 0 amide bonds. The number of carboxylic acid groups (broad SMARTS) is 1. The van der Waals surface area contributed by atoms with Crippen molar-refractivity contribution in [2.24, 2.45) is 0 Å². The van der Waals surface area contributed by atoms with E-state index in [1.807, 2.05) is 13.8 Å². The summed E-state index contributed by atoms with van der Waals surface area (Å²) in [4.78, 5) is 18.8. The van der Waals surface area contributed by atoms with Crippen LogP contribution in [0.15, 0.2) is 30.6 Å². The van der Waals surface area contributed by atoms with Crippen LogP contribution in [0.5, 0.6) is 5.88 Å². The monoisotopic (exact) mass is 288 g/mol. The first kappa shape index (κ1) is 14.6. The fourth-order valence-corrected chi connectivity index (χ4v) is 1.63. The zero-order valence-electron chi connectivity index (χ0n) is 11.7. The summed E-state index contributed by atoms with van der Waals surface area (Å²) in [7, 11) is 0. The normalized spacial score (nSPS) is 10.4. The molecular formula is C14H16N4O3. The minimum absolute atomic E-state index is 0.0510. The van der Waals surface area contributed by atoms with Gasteiger partial charge >= 0.3 is 5.97 Å². The van der Waals surface area contributed by atoms with Gasteiger partial charge in [-0.2, -0.15) is 4.98 Å². The number of anilines is 3. The van der Waals surface area contributed by atoms with E-state index in [-0.39, 0.29) is 11.7 Å². The Bertz CT molecular complexity index is 641. The Kier molecular flexibility index (Phi) is 4.22. The Balaban J connectivity index is 2.21. The number of nitrogens with one attached hydrogen (secondary N) is 1. The van der Waals surface area contributed by atoms with Crippen LogP contribution in [0, 0.1) is 0 Å². The molecule has 2 aromatic rings. The lowest BCUT2D eigenvalue weighted by Gasteiger charge is -2.13. The summed E-state index contributed by atoms with van der Waals surface area (Å²) in [5.41, 5.74) is 7.13. The molecule has 0 unspecified atom stereocenters. The molecule has 0 spiro atoms. The second kappa shape index (κ2) is 6.08. The van der Waals surface area contributed by atoms with Crippen molar-refractivity contribution in [1.82, 2.24) is 9.97 Å². The predicted octanol–water partition coefficient (Wildman–Crippen LogP) is 2.29. The molecule has 1 aromatic heterocycles. The lowest BCUT2D eigenvalue weighted by Crippen LogP contribution is -2.10. The number of nitrogens with two attached hydrogens (primary N) is 1. The summed E-state index contributed by atoms with van der Waals surface area (Å²) in [5.74, 6) is -0.260. The first-order valence-corrected chi connectivity index (χ1v) is 6.35. The number of hydrogen-bond donors (Lipinski definition) is 3. The standard InChI is InChI=1S/C14H16N4O3/c1-8(2)21-13-11(15)12(16-7-17-13)18-10-5-3-9(4-6-10)14(19)20/h3-8H,15H2,1-2H3,(H,19,20)(H,16,17,18). The third-order valence-corrected chi connectivity index (χ3v) is 2.59. The zero-order chi connectivity index (χ0) is 15.4. The lowest BCUT2D eigenvalue weighted by atomic mass is 10.2. The van der Waals surface area contributed by atoms with Crippen molar-refractivity contribution in [2.45, 2.75) is 20.0 Å². The summed E-state index contributed by atoms with van der Waals surface area (Å²) in [6, 6.07) is 6.25. The van der Waals surface area contributed by atoms with Gasteiger partial charge in [-0.1, -0.05) is 0 Å². The number of nitrogens with zero attached hydrogens (tertiary/aromatic N) is 2. The summed E-state index contributed by atoms with van der Waals surface area (Å²) in [6.07, 6.45) is 1.30. The van der Waals surface area contributed by atoms with Gasteiger partial charge in [-0.05, 0) is 38.1 Å². The number of rotatable bonds is 5. The van der Waals surface area contributed by atoms with Crippen LogP contribution in [0.1, 0.15) is 24.2 Å². The molecule has 0 aliphatic heterocycles. The maximum atomic E-state index is 10.8. The number of hydrogen-bond acceptors (Lipinski definition) is 6. The third kappa shape index (κ3) is 3.59. The fourth-order valence-electron chi connectivity index (χ4n) is 1.63. The SMILES string of the molecule is CC(C)Oc1ncnc(Nc2ccc(C(=O)O)cc2)c1N. The number of carbonyl (C=O) groups is 1. The molecule has 1 aromatic carbocycles.